The Balaban J connectivity index is 1.57. The van der Waals surface area contributed by atoms with E-state index in [0.29, 0.717) is 34.9 Å². The zero-order chi connectivity index (χ0) is 22.8. The Bertz CT molecular complexity index is 1110. The van der Waals surface area contributed by atoms with Gasteiger partial charge in [-0.15, -0.1) is 0 Å². The molecule has 0 saturated carbocycles. The molecule has 0 aliphatic carbocycles. The first-order chi connectivity index (χ1) is 15.3. The number of hydrogen-bond donors (Lipinski definition) is 0. The van der Waals surface area contributed by atoms with Crippen LogP contribution in [-0.4, -0.2) is 34.2 Å². The van der Waals surface area contributed by atoms with Crippen molar-refractivity contribution in [1.29, 1.82) is 0 Å². The Morgan fingerprint density at radius 1 is 1.16 bits per heavy atom. The molecule has 1 fully saturated rings. The van der Waals surface area contributed by atoms with Gasteiger partial charge in [-0.3, -0.25) is 4.79 Å². The summed E-state index contributed by atoms with van der Waals surface area (Å²) in [6, 6.07) is 8.05. The molecule has 0 radical (unpaired) electrons. The summed E-state index contributed by atoms with van der Waals surface area (Å²) >= 11 is 0. The maximum Gasteiger partial charge on any atom is 0.249 e. The molecule has 3 aromatic rings. The second kappa shape index (κ2) is 8.94. The van der Waals surface area contributed by atoms with Crippen molar-refractivity contribution in [1.82, 2.24) is 15.0 Å². The molecule has 9 heteroatoms. The maximum absolute atomic E-state index is 13.6. The molecule has 4 rings (SSSR count). The maximum atomic E-state index is 13.6. The van der Waals surface area contributed by atoms with Crippen LogP contribution in [-0.2, 0) is 11.3 Å². The Kier molecular flexibility index (Phi) is 6.07. The second-order valence-corrected chi connectivity index (χ2v) is 7.84. The molecular weight excluding hydrogens is 420 g/mol. The van der Waals surface area contributed by atoms with Crippen molar-refractivity contribution in [2.75, 3.05) is 7.11 Å². The van der Waals surface area contributed by atoms with Gasteiger partial charge >= 0.3 is 0 Å². The van der Waals surface area contributed by atoms with Crippen molar-refractivity contribution >= 4 is 5.91 Å². The number of nitrogens with zero attached hydrogens (tertiary/aromatic N) is 3. The van der Waals surface area contributed by atoms with Gasteiger partial charge in [0, 0.05) is 24.6 Å². The quantitative estimate of drug-likeness (QED) is 0.528. The number of rotatable bonds is 7. The third kappa shape index (κ3) is 4.56. The monoisotopic (exact) mass is 443 g/mol. The second-order valence-electron chi connectivity index (χ2n) is 7.84. The minimum absolute atomic E-state index is 0.0102. The lowest BCUT2D eigenvalue weighted by molar-refractivity contribution is -0.130. The normalized spacial score (nSPS) is 16.1. The number of carbonyl (C=O) groups is 1. The molecule has 32 heavy (non-hydrogen) atoms. The van der Waals surface area contributed by atoms with Gasteiger partial charge in [0.25, 0.3) is 0 Å². The van der Waals surface area contributed by atoms with E-state index in [-0.39, 0.29) is 30.9 Å². The van der Waals surface area contributed by atoms with E-state index >= 15 is 0 Å². The molecule has 7 nitrogen and oxygen atoms in total. The highest BCUT2D eigenvalue weighted by Crippen LogP contribution is 2.36. The Morgan fingerprint density at radius 2 is 1.91 bits per heavy atom. The van der Waals surface area contributed by atoms with Crippen LogP contribution in [0.2, 0.25) is 0 Å². The van der Waals surface area contributed by atoms with Crippen molar-refractivity contribution in [2.45, 2.75) is 45.4 Å². The molecule has 1 saturated heterocycles. The van der Waals surface area contributed by atoms with Gasteiger partial charge in [-0.05, 0) is 56.2 Å². The largest absolute Gasteiger partial charge is 0.493 e. The van der Waals surface area contributed by atoms with Crippen molar-refractivity contribution < 1.29 is 27.6 Å². The number of halogens is 2. The van der Waals surface area contributed by atoms with Crippen molar-refractivity contribution in [2.24, 2.45) is 0 Å². The van der Waals surface area contributed by atoms with Crippen LogP contribution in [0.3, 0.4) is 0 Å². The fourth-order valence-corrected chi connectivity index (χ4v) is 3.73. The molecule has 1 aromatic heterocycles. The minimum Gasteiger partial charge on any atom is -0.493 e. The van der Waals surface area contributed by atoms with Crippen LogP contribution in [0.5, 0.6) is 11.5 Å². The number of ether oxygens (including phenoxy) is 2. The zero-order valence-corrected chi connectivity index (χ0v) is 18.0. The number of methoxy groups -OCH3 is 1. The summed E-state index contributed by atoms with van der Waals surface area (Å²) in [6.07, 6.45) is 0.752. The van der Waals surface area contributed by atoms with Gasteiger partial charge in [0.1, 0.15) is 17.7 Å². The Labute approximate surface area is 183 Å². The predicted octanol–water partition coefficient (Wildman–Crippen LogP) is 4.67. The number of carbonyl (C=O) groups excluding carboxylic acids is 1. The van der Waals surface area contributed by atoms with E-state index in [1.54, 1.807) is 25.3 Å². The van der Waals surface area contributed by atoms with Crippen LogP contribution < -0.4 is 9.47 Å². The number of aromatic nitrogens is 2. The Hall–Kier alpha value is -3.49. The summed E-state index contributed by atoms with van der Waals surface area (Å²) in [7, 11) is 1.55. The van der Waals surface area contributed by atoms with Crippen LogP contribution in [0.15, 0.2) is 40.9 Å². The molecule has 0 N–H and O–H groups in total. The Morgan fingerprint density at radius 3 is 2.59 bits per heavy atom. The molecule has 1 atom stereocenters. The van der Waals surface area contributed by atoms with Crippen LogP contribution >= 0.6 is 0 Å². The van der Waals surface area contributed by atoms with Crippen LogP contribution in [0, 0.1) is 11.6 Å². The summed E-state index contributed by atoms with van der Waals surface area (Å²) in [5.41, 5.74) is 1.02. The van der Waals surface area contributed by atoms with Crippen molar-refractivity contribution in [3.05, 3.63) is 59.5 Å². The average Bonchev–Trinajstić information content (AvgIpc) is 3.35. The number of amides is 1. The van der Waals surface area contributed by atoms with Gasteiger partial charge in [0.15, 0.2) is 11.5 Å². The van der Waals surface area contributed by atoms with E-state index in [9.17, 15) is 13.6 Å². The van der Waals surface area contributed by atoms with Crippen LogP contribution in [0.4, 0.5) is 8.78 Å². The summed E-state index contributed by atoms with van der Waals surface area (Å²) < 4.78 is 43.7. The van der Waals surface area contributed by atoms with E-state index in [1.165, 1.54) is 17.0 Å². The standard InChI is InChI=1S/C23H23F2N3O4/c1-13(2)31-19-6-4-15(10-20(19)30-3)22-26-23(32-27-22)18-5-7-21(29)28(18)12-14-8-16(24)11-17(25)9-14/h4,6,8-11,13,18H,5,7,12H2,1-3H3. The van der Waals surface area contributed by atoms with Crippen molar-refractivity contribution in [3.8, 4) is 22.9 Å². The lowest BCUT2D eigenvalue weighted by Gasteiger charge is -2.22. The fourth-order valence-electron chi connectivity index (χ4n) is 3.73. The van der Waals surface area contributed by atoms with E-state index in [0.717, 1.165) is 6.07 Å². The molecule has 2 heterocycles. The molecule has 1 unspecified atom stereocenters. The molecule has 0 spiro atoms. The van der Waals surface area contributed by atoms with Gasteiger partial charge < -0.3 is 18.9 Å². The summed E-state index contributed by atoms with van der Waals surface area (Å²) in [4.78, 5) is 18.4. The smallest absolute Gasteiger partial charge is 0.249 e. The number of benzene rings is 2. The SMILES string of the molecule is COc1cc(-c2noc(C3CCC(=O)N3Cc3cc(F)cc(F)c3)n2)ccc1OC(C)C. The van der Waals surface area contributed by atoms with Gasteiger partial charge in [0.2, 0.25) is 17.6 Å². The van der Waals surface area contributed by atoms with Crippen LogP contribution in [0.25, 0.3) is 11.4 Å². The van der Waals surface area contributed by atoms with E-state index in [2.05, 4.69) is 10.1 Å². The minimum atomic E-state index is -0.692. The molecule has 1 amide bonds. The lowest BCUT2D eigenvalue weighted by atomic mass is 10.1. The van der Waals surface area contributed by atoms with Crippen LogP contribution in [0.1, 0.15) is 44.2 Å². The summed E-state index contributed by atoms with van der Waals surface area (Å²) in [6.45, 7) is 3.89. The number of likely N-dealkylation sites (tertiary alicyclic amines) is 1. The van der Waals surface area contributed by atoms with Gasteiger partial charge in [0.05, 0.1) is 13.2 Å². The first-order valence-corrected chi connectivity index (χ1v) is 10.3. The third-order valence-corrected chi connectivity index (χ3v) is 5.11. The first-order valence-electron chi connectivity index (χ1n) is 10.3. The van der Waals surface area contributed by atoms with E-state index in [1.807, 2.05) is 13.8 Å². The highest BCUT2D eigenvalue weighted by molar-refractivity contribution is 5.78. The molecule has 1 aliphatic heterocycles. The zero-order valence-electron chi connectivity index (χ0n) is 18.0. The van der Waals surface area contributed by atoms with Gasteiger partial charge in [-0.25, -0.2) is 8.78 Å². The van der Waals surface area contributed by atoms with Gasteiger partial charge in [-0.2, -0.15) is 4.98 Å². The molecule has 168 valence electrons. The van der Waals surface area contributed by atoms with Gasteiger partial charge in [-0.1, -0.05) is 5.16 Å². The molecule has 1 aliphatic rings. The molecular formula is C23H23F2N3O4. The number of hydrogen-bond acceptors (Lipinski definition) is 6. The van der Waals surface area contributed by atoms with Crippen molar-refractivity contribution in [3.63, 3.8) is 0 Å². The fraction of sp³-hybridized carbons (Fsp3) is 0.348. The lowest BCUT2D eigenvalue weighted by Crippen LogP contribution is -2.27. The summed E-state index contributed by atoms with van der Waals surface area (Å²) in [5.74, 6) is 0.216. The topological polar surface area (TPSA) is 77.7 Å². The summed E-state index contributed by atoms with van der Waals surface area (Å²) in [5, 5.41) is 4.05. The molecule has 0 bridgehead atoms. The highest BCUT2D eigenvalue weighted by Gasteiger charge is 2.36. The first kappa shape index (κ1) is 21.7. The average molecular weight is 443 g/mol. The predicted molar refractivity (Wildman–Crippen MR) is 111 cm³/mol. The highest BCUT2D eigenvalue weighted by atomic mass is 19.1. The molecule has 2 aromatic carbocycles. The van der Waals surface area contributed by atoms with E-state index < -0.39 is 17.7 Å². The van der Waals surface area contributed by atoms with E-state index in [4.69, 9.17) is 14.0 Å². The third-order valence-electron chi connectivity index (χ3n) is 5.11.